The van der Waals surface area contributed by atoms with E-state index in [0.29, 0.717) is 11.3 Å². The van der Waals surface area contributed by atoms with Gasteiger partial charge < -0.3 is 15.5 Å². The molecule has 0 saturated carbocycles. The molecule has 108 valence electrons. The number of phenolic OH excluding ortho intramolecular Hbond substituents is 1. The summed E-state index contributed by atoms with van der Waals surface area (Å²) in [5, 5.41) is 21.1. The normalized spacial score (nSPS) is 10.1. The zero-order valence-corrected chi connectivity index (χ0v) is 11.6. The third-order valence-electron chi connectivity index (χ3n) is 2.70. The summed E-state index contributed by atoms with van der Waals surface area (Å²) in [5.74, 6) is -1.38. The Hall–Kier alpha value is -2.53. The molecule has 0 fully saturated rings. The first-order valence-corrected chi connectivity index (χ1v) is 6.43. The van der Waals surface area contributed by atoms with E-state index in [1.165, 1.54) is 30.3 Å². The second-order valence-corrected chi connectivity index (χ2v) is 4.87. The van der Waals surface area contributed by atoms with Crippen LogP contribution in [0.2, 0.25) is 5.02 Å². The second-order valence-electron chi connectivity index (χ2n) is 4.43. The highest BCUT2D eigenvalue weighted by atomic mass is 35.5. The van der Waals surface area contributed by atoms with Gasteiger partial charge in [0.2, 0.25) is 5.91 Å². The lowest BCUT2D eigenvalue weighted by Crippen LogP contribution is -2.14. The molecular weight excluding hydrogens is 294 g/mol. The van der Waals surface area contributed by atoms with Crippen molar-refractivity contribution < 1.29 is 19.8 Å². The maximum atomic E-state index is 11.9. The van der Waals surface area contributed by atoms with E-state index in [4.69, 9.17) is 16.7 Å². The van der Waals surface area contributed by atoms with Crippen LogP contribution in [0.3, 0.4) is 0 Å². The highest BCUT2D eigenvalue weighted by Gasteiger charge is 2.09. The zero-order valence-electron chi connectivity index (χ0n) is 10.8. The molecule has 0 aromatic heterocycles. The van der Waals surface area contributed by atoms with E-state index < -0.39 is 5.97 Å². The highest BCUT2D eigenvalue weighted by molar-refractivity contribution is 6.31. The van der Waals surface area contributed by atoms with Crippen LogP contribution in [0.1, 0.15) is 15.9 Å². The maximum Gasteiger partial charge on any atom is 0.335 e. The van der Waals surface area contributed by atoms with E-state index in [9.17, 15) is 14.7 Å². The van der Waals surface area contributed by atoms with Gasteiger partial charge in [-0.2, -0.15) is 0 Å². The third-order valence-corrected chi connectivity index (χ3v) is 2.92. The van der Waals surface area contributed by atoms with Crippen molar-refractivity contribution in [3.05, 3.63) is 58.6 Å². The van der Waals surface area contributed by atoms with Crippen molar-refractivity contribution in [1.82, 2.24) is 0 Å². The lowest BCUT2D eigenvalue weighted by atomic mass is 10.1. The van der Waals surface area contributed by atoms with Crippen molar-refractivity contribution in [3.63, 3.8) is 0 Å². The fraction of sp³-hybridized carbons (Fsp3) is 0.0667. The van der Waals surface area contributed by atoms with Gasteiger partial charge in [0.05, 0.1) is 12.0 Å². The third kappa shape index (κ3) is 4.22. The summed E-state index contributed by atoms with van der Waals surface area (Å²) in [6.07, 6.45) is 0.0588. The number of phenols is 1. The average molecular weight is 306 g/mol. The van der Waals surface area contributed by atoms with Gasteiger partial charge in [0.15, 0.2) is 0 Å². The van der Waals surface area contributed by atoms with Crippen molar-refractivity contribution in [2.24, 2.45) is 0 Å². The number of hydrogen-bond donors (Lipinski definition) is 3. The van der Waals surface area contributed by atoms with Gasteiger partial charge in [-0.3, -0.25) is 4.79 Å². The second kappa shape index (κ2) is 6.28. The van der Waals surface area contributed by atoms with E-state index in [0.717, 1.165) is 0 Å². The number of halogens is 1. The van der Waals surface area contributed by atoms with Gasteiger partial charge in [-0.1, -0.05) is 23.7 Å². The summed E-state index contributed by atoms with van der Waals surface area (Å²) in [6, 6.07) is 10.4. The minimum Gasteiger partial charge on any atom is -0.508 e. The number of amides is 1. The number of hydrogen-bond acceptors (Lipinski definition) is 3. The molecular formula is C15H12ClNO4. The molecule has 0 bridgehead atoms. The number of aromatic hydroxyl groups is 1. The van der Waals surface area contributed by atoms with Gasteiger partial charge in [-0.25, -0.2) is 4.79 Å². The standard InChI is InChI=1S/C15H12ClNO4/c16-11-6-10(15(20)21)7-12(8-11)17-14(19)5-9-2-1-3-13(18)4-9/h1-4,6-8,18H,5H2,(H,17,19)(H,20,21). The summed E-state index contributed by atoms with van der Waals surface area (Å²) in [7, 11) is 0. The molecule has 21 heavy (non-hydrogen) atoms. The molecule has 0 radical (unpaired) electrons. The molecule has 6 heteroatoms. The maximum absolute atomic E-state index is 11.9. The van der Waals surface area contributed by atoms with Gasteiger partial charge >= 0.3 is 5.97 Å². The molecule has 1 amide bonds. The SMILES string of the molecule is O=C(Cc1cccc(O)c1)Nc1cc(Cl)cc(C(=O)O)c1. The smallest absolute Gasteiger partial charge is 0.335 e. The van der Waals surface area contributed by atoms with Crippen LogP contribution in [0, 0.1) is 0 Å². The molecule has 3 N–H and O–H groups in total. The van der Waals surface area contributed by atoms with Crippen LogP contribution in [0.25, 0.3) is 0 Å². The van der Waals surface area contributed by atoms with Crippen LogP contribution in [0.4, 0.5) is 5.69 Å². The Morgan fingerprint density at radius 2 is 1.90 bits per heavy atom. The van der Waals surface area contributed by atoms with Crippen LogP contribution < -0.4 is 5.32 Å². The Bertz CT molecular complexity index is 700. The highest BCUT2D eigenvalue weighted by Crippen LogP contribution is 2.20. The van der Waals surface area contributed by atoms with Crippen LogP contribution >= 0.6 is 11.6 Å². The van der Waals surface area contributed by atoms with Gasteiger partial charge in [0.1, 0.15) is 5.75 Å². The van der Waals surface area contributed by atoms with Crippen molar-refractivity contribution >= 4 is 29.2 Å². The molecule has 0 heterocycles. The summed E-state index contributed by atoms with van der Waals surface area (Å²) in [4.78, 5) is 22.8. The van der Waals surface area contributed by atoms with E-state index in [1.54, 1.807) is 12.1 Å². The molecule has 2 rings (SSSR count). The first-order chi connectivity index (χ1) is 9.94. The van der Waals surface area contributed by atoms with Crippen molar-refractivity contribution in [2.75, 3.05) is 5.32 Å². The number of carbonyl (C=O) groups is 2. The first-order valence-electron chi connectivity index (χ1n) is 6.05. The quantitative estimate of drug-likeness (QED) is 0.810. The number of benzene rings is 2. The van der Waals surface area contributed by atoms with E-state index in [-0.39, 0.29) is 28.7 Å². The van der Waals surface area contributed by atoms with Crippen LogP contribution in [0.5, 0.6) is 5.75 Å². The average Bonchev–Trinajstić information content (AvgIpc) is 2.37. The largest absolute Gasteiger partial charge is 0.508 e. The van der Waals surface area contributed by atoms with Gasteiger partial charge in [-0.15, -0.1) is 0 Å². The van der Waals surface area contributed by atoms with E-state index in [2.05, 4.69) is 5.32 Å². The molecule has 0 aliphatic rings. The number of rotatable bonds is 4. The molecule has 0 saturated heterocycles. The Labute approximate surface area is 125 Å². The summed E-state index contributed by atoms with van der Waals surface area (Å²) in [5.41, 5.74) is 0.952. The predicted octanol–water partition coefficient (Wildman–Crippen LogP) is 2.93. The zero-order chi connectivity index (χ0) is 15.4. The summed E-state index contributed by atoms with van der Waals surface area (Å²) < 4.78 is 0. The Kier molecular flexibility index (Phi) is 4.45. The minimum absolute atomic E-state index is 0.00449. The number of carbonyl (C=O) groups excluding carboxylic acids is 1. The fourth-order valence-electron chi connectivity index (χ4n) is 1.84. The Balaban J connectivity index is 2.11. The number of anilines is 1. The van der Waals surface area contributed by atoms with Gasteiger partial charge in [0.25, 0.3) is 0 Å². The molecule has 0 atom stereocenters. The topological polar surface area (TPSA) is 86.6 Å². The molecule has 0 aliphatic heterocycles. The fourth-order valence-corrected chi connectivity index (χ4v) is 2.08. The number of carboxylic acid groups (broad SMARTS) is 1. The summed E-state index contributed by atoms with van der Waals surface area (Å²) >= 11 is 5.81. The number of nitrogens with one attached hydrogen (secondary N) is 1. The Morgan fingerprint density at radius 1 is 1.14 bits per heavy atom. The number of carboxylic acids is 1. The van der Waals surface area contributed by atoms with Gasteiger partial charge in [-0.05, 0) is 35.9 Å². The van der Waals surface area contributed by atoms with Crippen LogP contribution in [-0.4, -0.2) is 22.1 Å². The molecule has 5 nitrogen and oxygen atoms in total. The van der Waals surface area contributed by atoms with Crippen molar-refractivity contribution in [3.8, 4) is 5.75 Å². The van der Waals surface area contributed by atoms with Crippen LogP contribution in [0.15, 0.2) is 42.5 Å². The van der Waals surface area contributed by atoms with E-state index in [1.807, 2.05) is 0 Å². The van der Waals surface area contributed by atoms with Crippen LogP contribution in [-0.2, 0) is 11.2 Å². The van der Waals surface area contributed by atoms with Crippen molar-refractivity contribution in [2.45, 2.75) is 6.42 Å². The minimum atomic E-state index is -1.12. The number of aromatic carboxylic acids is 1. The lowest BCUT2D eigenvalue weighted by molar-refractivity contribution is -0.115. The predicted molar refractivity (Wildman–Crippen MR) is 78.9 cm³/mol. The molecule has 2 aromatic rings. The molecule has 0 unspecified atom stereocenters. The molecule has 0 spiro atoms. The molecule has 0 aliphatic carbocycles. The lowest BCUT2D eigenvalue weighted by Gasteiger charge is -2.07. The summed E-state index contributed by atoms with van der Waals surface area (Å²) in [6.45, 7) is 0. The van der Waals surface area contributed by atoms with E-state index >= 15 is 0 Å². The van der Waals surface area contributed by atoms with Gasteiger partial charge in [0, 0.05) is 10.7 Å². The molecule has 2 aromatic carbocycles. The van der Waals surface area contributed by atoms with Crippen molar-refractivity contribution in [1.29, 1.82) is 0 Å². The monoisotopic (exact) mass is 305 g/mol. The Morgan fingerprint density at radius 3 is 2.57 bits per heavy atom. The first kappa shape index (κ1) is 14.9.